The van der Waals surface area contributed by atoms with Gasteiger partial charge in [0.15, 0.2) is 0 Å². The Bertz CT molecular complexity index is 993. The second kappa shape index (κ2) is 12.7. The molecule has 2 amide bonds. The van der Waals surface area contributed by atoms with Crippen molar-refractivity contribution < 1.29 is 32.5 Å². The van der Waals surface area contributed by atoms with Gasteiger partial charge in [0.2, 0.25) is 5.95 Å². The second-order valence-corrected chi connectivity index (χ2v) is 7.34. The number of nitrogens with zero attached hydrogens (tertiary/aromatic N) is 1. The number of amides is 2. The van der Waals surface area contributed by atoms with Crippen LogP contribution in [0.1, 0.15) is 37.7 Å². The zero-order chi connectivity index (χ0) is 25.1. The highest BCUT2D eigenvalue weighted by Gasteiger charge is 2.32. The van der Waals surface area contributed by atoms with Gasteiger partial charge in [-0.25, -0.2) is 9.78 Å². The van der Waals surface area contributed by atoms with Crippen molar-refractivity contribution in [2.75, 3.05) is 24.8 Å². The molecule has 5 N–H and O–H groups in total. The second-order valence-electron chi connectivity index (χ2n) is 7.34. The number of hydrogen-bond acceptors (Lipinski definition) is 7. The number of benzene rings is 1. The number of nitrogens with one attached hydrogen (secondary N) is 4. The minimum atomic E-state index is -4.89. The maximum absolute atomic E-state index is 12.4. The predicted molar refractivity (Wildman–Crippen MR) is 119 cm³/mol. The van der Waals surface area contributed by atoms with Crippen molar-refractivity contribution in [2.45, 2.75) is 51.1 Å². The van der Waals surface area contributed by atoms with E-state index in [0.717, 1.165) is 44.2 Å². The van der Waals surface area contributed by atoms with Crippen molar-refractivity contribution in [3.8, 4) is 11.5 Å². The molecule has 0 aliphatic heterocycles. The monoisotopic (exact) mass is 487 g/mol. The van der Waals surface area contributed by atoms with Crippen LogP contribution in [0.25, 0.3) is 0 Å². The summed E-state index contributed by atoms with van der Waals surface area (Å²) >= 11 is 0. The Labute approximate surface area is 193 Å². The molecule has 0 saturated heterocycles. The van der Waals surface area contributed by atoms with Crippen molar-refractivity contribution in [3.05, 3.63) is 40.3 Å². The van der Waals surface area contributed by atoms with E-state index in [1.807, 2.05) is 0 Å². The van der Waals surface area contributed by atoms with Crippen LogP contribution < -0.4 is 31.0 Å². The molecule has 1 aromatic carbocycles. The maximum Gasteiger partial charge on any atom is 0.573 e. The number of urea groups is 1. The van der Waals surface area contributed by atoms with E-state index in [9.17, 15) is 27.9 Å². The number of methoxy groups -OCH3 is 1. The maximum atomic E-state index is 12.4. The Morgan fingerprint density at radius 1 is 1.26 bits per heavy atom. The highest BCUT2D eigenvalue weighted by molar-refractivity contribution is 5.91. The van der Waals surface area contributed by atoms with E-state index in [2.05, 4.69) is 30.7 Å². The number of ether oxygens (including phenoxy) is 2. The van der Waals surface area contributed by atoms with E-state index < -0.39 is 24.7 Å². The van der Waals surface area contributed by atoms with Crippen molar-refractivity contribution >= 4 is 17.7 Å². The van der Waals surface area contributed by atoms with Gasteiger partial charge in [0, 0.05) is 37.0 Å². The molecule has 1 heterocycles. The summed E-state index contributed by atoms with van der Waals surface area (Å²) in [5.74, 6) is 0.0173. The van der Waals surface area contributed by atoms with Crippen molar-refractivity contribution in [2.24, 2.45) is 0 Å². The first-order valence-corrected chi connectivity index (χ1v) is 10.5. The molecule has 1 aromatic heterocycles. The molecule has 0 unspecified atom stereocenters. The summed E-state index contributed by atoms with van der Waals surface area (Å²) in [6, 6.07) is 2.87. The van der Waals surface area contributed by atoms with Crippen LogP contribution in [0, 0.1) is 0 Å². The third-order valence-electron chi connectivity index (χ3n) is 4.84. The molecule has 13 heteroatoms. The molecule has 1 aliphatic rings. The number of anilines is 2. The Morgan fingerprint density at radius 2 is 1.97 bits per heavy atom. The number of carbonyl (C=O) groups is 1. The Kier molecular flexibility index (Phi) is 9.98. The minimum absolute atomic E-state index is 0.0124. The lowest BCUT2D eigenvalue weighted by molar-refractivity contribution is -0.274. The topological polar surface area (TPSA) is 138 Å². The zero-order valence-electron chi connectivity index (χ0n) is 18.8. The predicted octanol–water partition coefficient (Wildman–Crippen LogP) is 3.35. The first-order valence-electron chi connectivity index (χ1n) is 10.5. The molecule has 1 fully saturated rings. The van der Waals surface area contributed by atoms with Crippen LogP contribution in [0.5, 0.6) is 11.5 Å². The first kappa shape index (κ1) is 26.8. The fourth-order valence-electron chi connectivity index (χ4n) is 3.39. The fraction of sp³-hybridized carbons (Fsp3) is 0.476. The minimum Gasteiger partial charge on any atom is -0.494 e. The number of aliphatic hydroxyl groups is 1. The van der Waals surface area contributed by atoms with Gasteiger partial charge in [-0.05, 0) is 18.9 Å². The smallest absolute Gasteiger partial charge is 0.494 e. The van der Waals surface area contributed by atoms with Crippen molar-refractivity contribution in [3.63, 3.8) is 0 Å². The molecule has 1 saturated carbocycles. The normalized spacial score (nSPS) is 13.8. The Morgan fingerprint density at radius 3 is 2.50 bits per heavy atom. The molecule has 2 aromatic rings. The molecule has 0 radical (unpaired) electrons. The van der Waals surface area contributed by atoms with Crippen LogP contribution in [0.2, 0.25) is 0 Å². The molecule has 34 heavy (non-hydrogen) atoms. The van der Waals surface area contributed by atoms with Crippen LogP contribution in [-0.2, 0) is 6.61 Å². The van der Waals surface area contributed by atoms with Gasteiger partial charge in [0.25, 0.3) is 5.56 Å². The SMILES string of the molecule is CNc1nccc(=O)[nH]1.COc1c(CO)cc(OC(F)(F)F)cc1NC(=O)NC1CCCCC1. The molecule has 0 atom stereocenters. The van der Waals surface area contributed by atoms with Gasteiger partial charge in [-0.1, -0.05) is 19.3 Å². The molecule has 0 spiro atoms. The highest BCUT2D eigenvalue weighted by atomic mass is 19.4. The molecular formula is C21H28F3N5O5. The quantitative estimate of drug-likeness (QED) is 0.421. The Hall–Kier alpha value is -3.48. The van der Waals surface area contributed by atoms with Gasteiger partial charge in [-0.3, -0.25) is 9.78 Å². The third kappa shape index (κ3) is 8.81. The number of rotatable bonds is 6. The van der Waals surface area contributed by atoms with Gasteiger partial charge in [-0.15, -0.1) is 13.2 Å². The summed E-state index contributed by atoms with van der Waals surface area (Å²) in [7, 11) is 2.99. The molecule has 10 nitrogen and oxygen atoms in total. The van der Waals surface area contributed by atoms with E-state index in [1.165, 1.54) is 19.4 Å². The molecular weight excluding hydrogens is 459 g/mol. The molecule has 3 rings (SSSR count). The summed E-state index contributed by atoms with van der Waals surface area (Å²) in [5.41, 5.74) is -0.0897. The lowest BCUT2D eigenvalue weighted by atomic mass is 9.96. The Balaban J connectivity index is 0.000000379. The van der Waals surface area contributed by atoms with Gasteiger partial charge in [0.1, 0.15) is 11.5 Å². The van der Waals surface area contributed by atoms with Crippen LogP contribution in [-0.4, -0.2) is 47.7 Å². The van der Waals surface area contributed by atoms with Gasteiger partial charge < -0.3 is 30.5 Å². The number of halogens is 3. The zero-order valence-corrected chi connectivity index (χ0v) is 18.8. The third-order valence-corrected chi connectivity index (χ3v) is 4.84. The highest BCUT2D eigenvalue weighted by Crippen LogP contribution is 2.36. The van der Waals surface area contributed by atoms with E-state index in [1.54, 1.807) is 7.05 Å². The van der Waals surface area contributed by atoms with Crippen LogP contribution >= 0.6 is 0 Å². The summed E-state index contributed by atoms with van der Waals surface area (Å²) in [5, 5.41) is 17.3. The summed E-state index contributed by atoms with van der Waals surface area (Å²) in [6.07, 6.45) is 1.47. The van der Waals surface area contributed by atoms with E-state index in [-0.39, 0.29) is 28.6 Å². The average Bonchev–Trinajstić information content (AvgIpc) is 2.78. The van der Waals surface area contributed by atoms with Gasteiger partial charge in [0.05, 0.1) is 19.4 Å². The number of carbonyl (C=O) groups excluding carboxylic acids is 1. The lowest BCUT2D eigenvalue weighted by Gasteiger charge is -2.23. The number of aliphatic hydroxyl groups excluding tert-OH is 1. The number of hydrogen-bond donors (Lipinski definition) is 5. The summed E-state index contributed by atoms with van der Waals surface area (Å²) in [6.45, 7) is -0.572. The average molecular weight is 487 g/mol. The number of aromatic amines is 1. The number of aromatic nitrogens is 2. The molecule has 188 valence electrons. The van der Waals surface area contributed by atoms with Crippen LogP contribution in [0.3, 0.4) is 0 Å². The standard InChI is InChI=1S/C16H21F3N2O4.C5H7N3O/c1-24-14-10(9-22)7-12(25-16(17,18)19)8-13(14)21-15(23)20-11-5-3-2-4-6-11;1-6-5-7-3-2-4(9)8-5/h7-8,11,22H,2-6,9H2,1H3,(H2,20,21,23);2-3H,1H3,(H2,6,7,8,9). The largest absolute Gasteiger partial charge is 0.573 e. The molecule has 0 bridgehead atoms. The summed E-state index contributed by atoms with van der Waals surface area (Å²) in [4.78, 5) is 28.9. The summed E-state index contributed by atoms with van der Waals surface area (Å²) < 4.78 is 46.3. The lowest BCUT2D eigenvalue weighted by Crippen LogP contribution is -2.39. The van der Waals surface area contributed by atoms with E-state index in [4.69, 9.17) is 4.74 Å². The van der Waals surface area contributed by atoms with Crippen LogP contribution in [0.4, 0.5) is 29.6 Å². The van der Waals surface area contributed by atoms with E-state index in [0.29, 0.717) is 5.95 Å². The van der Waals surface area contributed by atoms with Gasteiger partial charge in [-0.2, -0.15) is 0 Å². The van der Waals surface area contributed by atoms with Crippen LogP contribution in [0.15, 0.2) is 29.2 Å². The fourth-order valence-corrected chi connectivity index (χ4v) is 3.39. The van der Waals surface area contributed by atoms with Crippen molar-refractivity contribution in [1.29, 1.82) is 0 Å². The molecule has 1 aliphatic carbocycles. The van der Waals surface area contributed by atoms with Crippen molar-refractivity contribution in [1.82, 2.24) is 15.3 Å². The number of H-pyrrole nitrogens is 1. The number of alkyl halides is 3. The van der Waals surface area contributed by atoms with E-state index >= 15 is 0 Å². The first-order chi connectivity index (χ1) is 16.1. The van der Waals surface area contributed by atoms with Gasteiger partial charge >= 0.3 is 12.4 Å².